The molecule has 0 radical (unpaired) electrons. The van der Waals surface area contributed by atoms with E-state index in [1.165, 1.54) is 4.88 Å². The van der Waals surface area contributed by atoms with Crippen molar-refractivity contribution < 1.29 is 14.3 Å². The minimum atomic E-state index is -0.183. The van der Waals surface area contributed by atoms with Crippen molar-refractivity contribution in [1.82, 2.24) is 9.80 Å². The predicted octanol–water partition coefficient (Wildman–Crippen LogP) is 5.78. The van der Waals surface area contributed by atoms with Crippen LogP contribution in [0, 0.1) is 12.8 Å². The third-order valence-electron chi connectivity index (χ3n) is 5.89. The van der Waals surface area contributed by atoms with E-state index in [2.05, 4.69) is 32.9 Å². The van der Waals surface area contributed by atoms with E-state index in [9.17, 15) is 9.59 Å². The maximum atomic E-state index is 13.6. The van der Waals surface area contributed by atoms with Crippen molar-refractivity contribution in [3.63, 3.8) is 0 Å². The molecule has 3 aromatic rings. The second-order valence-corrected chi connectivity index (χ2v) is 10.0. The first kappa shape index (κ1) is 25.5. The highest BCUT2D eigenvalue weighted by atomic mass is 32.1. The summed E-state index contributed by atoms with van der Waals surface area (Å²) < 4.78 is 5.42. The van der Waals surface area contributed by atoms with Crippen LogP contribution in [0.15, 0.2) is 66.7 Å². The molecule has 3 rings (SSSR count). The molecule has 1 unspecified atom stereocenters. The number of amides is 2. The van der Waals surface area contributed by atoms with Crippen LogP contribution in [0.25, 0.3) is 0 Å². The van der Waals surface area contributed by atoms with Crippen LogP contribution in [0.2, 0.25) is 0 Å². The van der Waals surface area contributed by atoms with E-state index in [-0.39, 0.29) is 24.3 Å². The fourth-order valence-corrected chi connectivity index (χ4v) is 4.68. The summed E-state index contributed by atoms with van der Waals surface area (Å²) in [5.74, 6) is 0.539. The summed E-state index contributed by atoms with van der Waals surface area (Å²) in [4.78, 5) is 33.0. The summed E-state index contributed by atoms with van der Waals surface area (Å²) in [6.45, 7) is 7.82. The molecule has 0 saturated heterocycles. The Bertz CT molecular complexity index is 1080. The fourth-order valence-electron chi connectivity index (χ4n) is 3.77. The van der Waals surface area contributed by atoms with E-state index in [4.69, 9.17) is 4.74 Å². The number of aryl methyl sites for hydroxylation is 1. The molecule has 0 bridgehead atoms. The van der Waals surface area contributed by atoms with Crippen molar-refractivity contribution in [2.45, 2.75) is 40.3 Å². The highest BCUT2D eigenvalue weighted by Gasteiger charge is 2.26. The van der Waals surface area contributed by atoms with Crippen LogP contribution in [0.4, 0.5) is 0 Å². The number of rotatable bonds is 11. The van der Waals surface area contributed by atoms with Crippen molar-refractivity contribution in [1.29, 1.82) is 0 Å². The Morgan fingerprint density at radius 3 is 2.29 bits per heavy atom. The molecule has 180 valence electrons. The third kappa shape index (κ3) is 6.94. The summed E-state index contributed by atoms with van der Waals surface area (Å²) >= 11 is 1.69. The SMILES string of the molecule is CCC(C)CN(CC(=O)N(Cc1ccccc1)Cc1ccc(C)s1)C(=O)c1ccccc1OC. The zero-order chi connectivity index (χ0) is 24.5. The zero-order valence-electron chi connectivity index (χ0n) is 20.5. The number of ether oxygens (including phenoxy) is 1. The zero-order valence-corrected chi connectivity index (χ0v) is 21.3. The van der Waals surface area contributed by atoms with Gasteiger partial charge in [-0.15, -0.1) is 11.3 Å². The molecule has 0 fully saturated rings. The Morgan fingerprint density at radius 2 is 1.65 bits per heavy atom. The van der Waals surface area contributed by atoms with E-state index in [0.29, 0.717) is 30.9 Å². The quantitative estimate of drug-likeness (QED) is 0.351. The molecule has 2 amide bonds. The van der Waals surface area contributed by atoms with Crippen LogP contribution in [-0.2, 0) is 17.9 Å². The first-order valence-corrected chi connectivity index (χ1v) is 12.5. The van der Waals surface area contributed by atoms with Crippen molar-refractivity contribution in [2.75, 3.05) is 20.2 Å². The number of carbonyl (C=O) groups excluding carboxylic acids is 2. The minimum Gasteiger partial charge on any atom is -0.496 e. The first-order valence-electron chi connectivity index (χ1n) is 11.7. The molecule has 1 atom stereocenters. The third-order valence-corrected chi connectivity index (χ3v) is 6.88. The van der Waals surface area contributed by atoms with E-state index in [1.54, 1.807) is 35.5 Å². The smallest absolute Gasteiger partial charge is 0.258 e. The summed E-state index contributed by atoms with van der Waals surface area (Å²) in [6, 6.07) is 21.3. The van der Waals surface area contributed by atoms with Gasteiger partial charge in [0.05, 0.1) is 19.2 Å². The van der Waals surface area contributed by atoms with E-state index < -0.39 is 0 Å². The first-order chi connectivity index (χ1) is 16.4. The van der Waals surface area contributed by atoms with Crippen molar-refractivity contribution in [3.8, 4) is 5.75 Å². The Labute approximate surface area is 207 Å². The van der Waals surface area contributed by atoms with Gasteiger partial charge in [-0.05, 0) is 42.7 Å². The number of carbonyl (C=O) groups is 2. The number of nitrogens with zero attached hydrogens (tertiary/aromatic N) is 2. The summed E-state index contributed by atoms with van der Waals surface area (Å²) in [7, 11) is 1.56. The van der Waals surface area contributed by atoms with Gasteiger partial charge in [0.25, 0.3) is 5.91 Å². The Kier molecular flexibility index (Phi) is 9.28. The number of hydrogen-bond donors (Lipinski definition) is 0. The van der Waals surface area contributed by atoms with Crippen LogP contribution in [0.3, 0.4) is 0 Å². The van der Waals surface area contributed by atoms with Gasteiger partial charge < -0.3 is 14.5 Å². The number of methoxy groups -OCH3 is 1. The molecule has 5 nitrogen and oxygen atoms in total. The van der Waals surface area contributed by atoms with Crippen LogP contribution in [0.1, 0.15) is 45.9 Å². The monoisotopic (exact) mass is 478 g/mol. The van der Waals surface area contributed by atoms with Gasteiger partial charge in [-0.1, -0.05) is 62.7 Å². The second kappa shape index (κ2) is 12.4. The van der Waals surface area contributed by atoms with Gasteiger partial charge in [0.15, 0.2) is 0 Å². The van der Waals surface area contributed by atoms with Gasteiger partial charge in [-0.3, -0.25) is 9.59 Å². The van der Waals surface area contributed by atoms with Gasteiger partial charge >= 0.3 is 0 Å². The molecule has 34 heavy (non-hydrogen) atoms. The van der Waals surface area contributed by atoms with Gasteiger partial charge in [-0.2, -0.15) is 0 Å². The maximum Gasteiger partial charge on any atom is 0.258 e. The van der Waals surface area contributed by atoms with Crippen LogP contribution >= 0.6 is 11.3 Å². The topological polar surface area (TPSA) is 49.9 Å². The molecule has 0 aliphatic rings. The fraction of sp³-hybridized carbons (Fsp3) is 0.357. The molecule has 0 saturated carbocycles. The standard InChI is InChI=1S/C28H34N2O3S/c1-5-21(2)17-30(28(32)25-13-9-10-14-26(25)33-4)20-27(31)29(18-23-11-7-6-8-12-23)19-24-16-15-22(3)34-24/h6-16,21H,5,17-20H2,1-4H3. The predicted molar refractivity (Wildman–Crippen MR) is 138 cm³/mol. The van der Waals surface area contributed by atoms with Crippen LogP contribution in [0.5, 0.6) is 5.75 Å². The Morgan fingerprint density at radius 1 is 0.941 bits per heavy atom. The average molecular weight is 479 g/mol. The van der Waals surface area contributed by atoms with E-state index in [0.717, 1.165) is 16.9 Å². The minimum absolute atomic E-state index is 0.0262. The average Bonchev–Trinajstić information content (AvgIpc) is 3.27. The van der Waals surface area contributed by atoms with Crippen molar-refractivity contribution in [3.05, 3.63) is 87.6 Å². The van der Waals surface area contributed by atoms with Gasteiger partial charge in [0.2, 0.25) is 5.91 Å². The van der Waals surface area contributed by atoms with Crippen molar-refractivity contribution in [2.24, 2.45) is 5.92 Å². The van der Waals surface area contributed by atoms with Gasteiger partial charge in [0.1, 0.15) is 12.3 Å². The van der Waals surface area contributed by atoms with Crippen LogP contribution in [-0.4, -0.2) is 41.8 Å². The van der Waals surface area contributed by atoms with Gasteiger partial charge in [0, 0.05) is 22.8 Å². The van der Waals surface area contributed by atoms with Crippen molar-refractivity contribution >= 4 is 23.2 Å². The lowest BCUT2D eigenvalue weighted by atomic mass is 10.1. The molecular formula is C28H34N2O3S. The van der Waals surface area contributed by atoms with Crippen LogP contribution < -0.4 is 4.74 Å². The lowest BCUT2D eigenvalue weighted by Crippen LogP contribution is -2.44. The highest BCUT2D eigenvalue weighted by Crippen LogP contribution is 2.22. The molecule has 1 heterocycles. The largest absolute Gasteiger partial charge is 0.496 e. The number of hydrogen-bond acceptors (Lipinski definition) is 4. The maximum absolute atomic E-state index is 13.6. The lowest BCUT2D eigenvalue weighted by Gasteiger charge is -2.29. The molecule has 6 heteroatoms. The summed E-state index contributed by atoms with van der Waals surface area (Å²) in [5.41, 5.74) is 1.54. The highest BCUT2D eigenvalue weighted by molar-refractivity contribution is 7.11. The second-order valence-electron chi connectivity index (χ2n) is 8.65. The molecular weight excluding hydrogens is 444 g/mol. The normalized spacial score (nSPS) is 11.6. The van der Waals surface area contributed by atoms with E-state index >= 15 is 0 Å². The molecule has 1 aromatic heterocycles. The Balaban J connectivity index is 1.86. The number of benzene rings is 2. The molecule has 0 N–H and O–H groups in total. The van der Waals surface area contributed by atoms with Gasteiger partial charge in [-0.25, -0.2) is 0 Å². The lowest BCUT2D eigenvalue weighted by molar-refractivity contribution is -0.133. The summed E-state index contributed by atoms with van der Waals surface area (Å²) in [6.07, 6.45) is 0.923. The number of para-hydroxylation sites is 1. The Hall–Kier alpha value is -3.12. The molecule has 0 aliphatic carbocycles. The van der Waals surface area contributed by atoms with E-state index in [1.807, 2.05) is 47.4 Å². The summed E-state index contributed by atoms with van der Waals surface area (Å²) in [5, 5.41) is 0. The molecule has 0 spiro atoms. The molecule has 2 aromatic carbocycles. The molecule has 0 aliphatic heterocycles. The number of thiophene rings is 1.